The zero-order valence-electron chi connectivity index (χ0n) is 11.4. The van der Waals surface area contributed by atoms with Gasteiger partial charge in [-0.15, -0.1) is 0 Å². The predicted octanol–water partition coefficient (Wildman–Crippen LogP) is 4.39. The van der Waals surface area contributed by atoms with Crippen LogP contribution in [0.15, 0.2) is 30.6 Å². The number of aromatic nitrogens is 2. The van der Waals surface area contributed by atoms with Crippen LogP contribution in [-0.2, 0) is 6.42 Å². The molecule has 20 heavy (non-hydrogen) atoms. The Morgan fingerprint density at radius 2 is 1.75 bits per heavy atom. The van der Waals surface area contributed by atoms with Gasteiger partial charge in [0, 0.05) is 25.2 Å². The Hall–Kier alpha value is -1.58. The number of hydrogen-bond acceptors (Lipinski definition) is 2. The highest BCUT2D eigenvalue weighted by Gasteiger charge is 2.34. The average Bonchev–Trinajstić information content (AvgIpc) is 2.46. The normalized spacial score (nSPS) is 19.3. The Morgan fingerprint density at radius 3 is 2.50 bits per heavy atom. The lowest BCUT2D eigenvalue weighted by molar-refractivity contribution is -0.0464. The minimum Gasteiger partial charge on any atom is -0.253 e. The number of fused-ring (bicyclic) bond motifs is 1. The Bertz CT molecular complexity index is 588. The van der Waals surface area contributed by atoms with Crippen molar-refractivity contribution in [2.75, 3.05) is 0 Å². The Balaban J connectivity index is 1.60. The van der Waals surface area contributed by atoms with Crippen molar-refractivity contribution in [2.24, 2.45) is 5.92 Å². The fourth-order valence-corrected chi connectivity index (χ4v) is 2.92. The molecule has 1 aromatic heterocycles. The van der Waals surface area contributed by atoms with Crippen LogP contribution in [0.1, 0.15) is 37.7 Å². The maximum Gasteiger partial charge on any atom is 0.248 e. The molecule has 1 saturated carbocycles. The van der Waals surface area contributed by atoms with Gasteiger partial charge in [0.1, 0.15) is 0 Å². The first kappa shape index (κ1) is 13.4. The van der Waals surface area contributed by atoms with E-state index in [2.05, 4.69) is 22.1 Å². The molecule has 1 aliphatic carbocycles. The summed E-state index contributed by atoms with van der Waals surface area (Å²) in [7, 11) is 0. The molecule has 4 heteroatoms. The molecule has 0 unspecified atom stereocenters. The smallest absolute Gasteiger partial charge is 0.248 e. The summed E-state index contributed by atoms with van der Waals surface area (Å²) in [4.78, 5) is 8.54. The average molecular weight is 276 g/mol. The zero-order chi connectivity index (χ0) is 14.0. The summed E-state index contributed by atoms with van der Waals surface area (Å²) in [6.45, 7) is 0. The zero-order valence-corrected chi connectivity index (χ0v) is 11.4. The minimum absolute atomic E-state index is 0.0564. The van der Waals surface area contributed by atoms with E-state index in [4.69, 9.17) is 0 Å². The quantitative estimate of drug-likeness (QED) is 0.831. The topological polar surface area (TPSA) is 25.8 Å². The van der Waals surface area contributed by atoms with E-state index in [-0.39, 0.29) is 12.8 Å². The van der Waals surface area contributed by atoms with Gasteiger partial charge in [0.05, 0.1) is 11.0 Å². The lowest BCUT2D eigenvalue weighted by Gasteiger charge is -2.28. The van der Waals surface area contributed by atoms with E-state index in [0.29, 0.717) is 18.8 Å². The van der Waals surface area contributed by atoms with Crippen LogP contribution in [0, 0.1) is 5.92 Å². The van der Waals surface area contributed by atoms with E-state index in [1.54, 1.807) is 12.4 Å². The van der Waals surface area contributed by atoms with Crippen molar-refractivity contribution in [3.8, 4) is 0 Å². The standard InChI is InChI=1S/C16H18F2N2/c17-16(18)7-5-12(6-8-16)1-2-13-3-4-14-15(11-13)20-10-9-19-14/h3-4,9-12H,1-2,5-8H2. The molecule has 1 heterocycles. The molecule has 2 aromatic rings. The first-order chi connectivity index (χ1) is 9.62. The van der Waals surface area contributed by atoms with E-state index < -0.39 is 5.92 Å². The van der Waals surface area contributed by atoms with E-state index >= 15 is 0 Å². The molecule has 1 aromatic carbocycles. The largest absolute Gasteiger partial charge is 0.253 e. The molecule has 0 aliphatic heterocycles. The lowest BCUT2D eigenvalue weighted by atomic mass is 9.83. The molecule has 106 valence electrons. The van der Waals surface area contributed by atoms with Crippen molar-refractivity contribution in [2.45, 2.75) is 44.4 Å². The van der Waals surface area contributed by atoms with E-state index in [1.165, 1.54) is 5.56 Å². The summed E-state index contributed by atoms with van der Waals surface area (Å²) < 4.78 is 26.2. The first-order valence-corrected chi connectivity index (χ1v) is 7.20. The number of nitrogens with zero attached hydrogens (tertiary/aromatic N) is 2. The lowest BCUT2D eigenvalue weighted by Crippen LogP contribution is -2.24. The highest BCUT2D eigenvalue weighted by atomic mass is 19.3. The third kappa shape index (κ3) is 3.11. The first-order valence-electron chi connectivity index (χ1n) is 7.20. The highest BCUT2D eigenvalue weighted by molar-refractivity contribution is 5.74. The Labute approximate surface area is 117 Å². The van der Waals surface area contributed by atoms with Crippen LogP contribution in [0.25, 0.3) is 11.0 Å². The second-order valence-electron chi connectivity index (χ2n) is 5.72. The second-order valence-corrected chi connectivity index (χ2v) is 5.72. The molecule has 1 fully saturated rings. The van der Waals surface area contributed by atoms with Crippen LogP contribution >= 0.6 is 0 Å². The maximum absolute atomic E-state index is 13.1. The molecule has 1 aliphatic rings. The van der Waals surface area contributed by atoms with Gasteiger partial charge in [0.25, 0.3) is 0 Å². The van der Waals surface area contributed by atoms with Gasteiger partial charge in [0.15, 0.2) is 0 Å². The highest BCUT2D eigenvalue weighted by Crippen LogP contribution is 2.37. The molecule has 0 amide bonds. The van der Waals surface area contributed by atoms with Crippen molar-refractivity contribution in [1.29, 1.82) is 0 Å². The third-order valence-electron chi connectivity index (χ3n) is 4.21. The molecule has 0 atom stereocenters. The van der Waals surface area contributed by atoms with Gasteiger partial charge < -0.3 is 0 Å². The molecule has 3 rings (SSSR count). The van der Waals surface area contributed by atoms with E-state index in [1.807, 2.05) is 6.07 Å². The molecule has 0 bridgehead atoms. The van der Waals surface area contributed by atoms with Crippen LogP contribution in [0.5, 0.6) is 0 Å². The SMILES string of the molecule is FC1(F)CCC(CCc2ccc3nccnc3c2)CC1. The van der Waals surface area contributed by atoms with Gasteiger partial charge in [-0.25, -0.2) is 8.78 Å². The summed E-state index contributed by atoms with van der Waals surface area (Å²) in [6.07, 6.45) is 6.71. The van der Waals surface area contributed by atoms with Crippen molar-refractivity contribution >= 4 is 11.0 Å². The van der Waals surface area contributed by atoms with Crippen molar-refractivity contribution in [3.05, 3.63) is 36.2 Å². The Kier molecular flexibility index (Phi) is 3.64. The maximum atomic E-state index is 13.1. The molecule has 2 nitrogen and oxygen atoms in total. The van der Waals surface area contributed by atoms with Crippen molar-refractivity contribution in [1.82, 2.24) is 9.97 Å². The molecule has 0 radical (unpaired) electrons. The van der Waals surface area contributed by atoms with Crippen LogP contribution in [0.3, 0.4) is 0 Å². The number of aryl methyl sites for hydroxylation is 1. The Morgan fingerprint density at radius 1 is 1.05 bits per heavy atom. The van der Waals surface area contributed by atoms with Crippen LogP contribution in [0.4, 0.5) is 8.78 Å². The molecule has 0 N–H and O–H groups in total. The van der Waals surface area contributed by atoms with Gasteiger partial charge >= 0.3 is 0 Å². The molecular weight excluding hydrogens is 258 g/mol. The van der Waals surface area contributed by atoms with E-state index in [0.717, 1.165) is 23.9 Å². The predicted molar refractivity (Wildman–Crippen MR) is 74.8 cm³/mol. The van der Waals surface area contributed by atoms with Gasteiger partial charge in [-0.3, -0.25) is 9.97 Å². The van der Waals surface area contributed by atoms with Crippen molar-refractivity contribution < 1.29 is 8.78 Å². The summed E-state index contributed by atoms with van der Waals surface area (Å²) in [5.41, 5.74) is 3.02. The van der Waals surface area contributed by atoms with Gasteiger partial charge in [-0.05, 0) is 49.3 Å². The number of hydrogen-bond donors (Lipinski definition) is 0. The monoisotopic (exact) mass is 276 g/mol. The van der Waals surface area contributed by atoms with Crippen LogP contribution in [-0.4, -0.2) is 15.9 Å². The number of benzene rings is 1. The van der Waals surface area contributed by atoms with Gasteiger partial charge in [-0.2, -0.15) is 0 Å². The number of rotatable bonds is 3. The summed E-state index contributed by atoms with van der Waals surface area (Å²) in [6, 6.07) is 6.10. The second kappa shape index (κ2) is 5.43. The fraction of sp³-hybridized carbons (Fsp3) is 0.500. The van der Waals surface area contributed by atoms with Crippen molar-refractivity contribution in [3.63, 3.8) is 0 Å². The third-order valence-corrected chi connectivity index (χ3v) is 4.21. The number of alkyl halides is 2. The summed E-state index contributed by atoms with van der Waals surface area (Å²) in [5, 5.41) is 0. The van der Waals surface area contributed by atoms with Crippen LogP contribution in [0.2, 0.25) is 0 Å². The van der Waals surface area contributed by atoms with Gasteiger partial charge in [0.2, 0.25) is 5.92 Å². The van der Waals surface area contributed by atoms with Gasteiger partial charge in [-0.1, -0.05) is 6.07 Å². The molecular formula is C16H18F2N2. The summed E-state index contributed by atoms with van der Waals surface area (Å²) in [5.74, 6) is -1.98. The minimum atomic E-state index is -2.42. The van der Waals surface area contributed by atoms with E-state index in [9.17, 15) is 8.78 Å². The molecule has 0 saturated heterocycles. The summed E-state index contributed by atoms with van der Waals surface area (Å²) >= 11 is 0. The van der Waals surface area contributed by atoms with Crippen LogP contribution < -0.4 is 0 Å². The number of halogens is 2. The fourth-order valence-electron chi connectivity index (χ4n) is 2.92. The molecule has 0 spiro atoms.